The lowest BCUT2D eigenvalue weighted by atomic mass is 10.0. The number of ether oxygens (including phenoxy) is 1. The monoisotopic (exact) mass is 208 g/mol. The van der Waals surface area contributed by atoms with E-state index in [4.69, 9.17) is 10.6 Å². The molecule has 0 heterocycles. The Bertz CT molecular complexity index is 271. The van der Waals surface area contributed by atoms with Crippen molar-refractivity contribution >= 4 is 0 Å². The zero-order valence-corrected chi connectivity index (χ0v) is 9.49. The maximum atomic E-state index is 5.53. The van der Waals surface area contributed by atoms with Crippen molar-refractivity contribution in [3.8, 4) is 5.75 Å². The summed E-state index contributed by atoms with van der Waals surface area (Å²) >= 11 is 0. The van der Waals surface area contributed by atoms with Crippen molar-refractivity contribution in [3.05, 3.63) is 29.8 Å². The number of nitrogens with one attached hydrogen (secondary N) is 1. The molecule has 3 N–H and O–H groups in total. The predicted octanol–water partition coefficient (Wildman–Crippen LogP) is 2.39. The number of unbranched alkanes of at least 4 members (excludes halogenated alkanes) is 1. The minimum Gasteiger partial charge on any atom is -0.497 e. The van der Waals surface area contributed by atoms with Crippen LogP contribution in [0.2, 0.25) is 0 Å². The van der Waals surface area contributed by atoms with E-state index in [1.165, 1.54) is 18.4 Å². The molecule has 1 unspecified atom stereocenters. The van der Waals surface area contributed by atoms with Crippen LogP contribution < -0.4 is 16.0 Å². The van der Waals surface area contributed by atoms with Crippen molar-refractivity contribution in [2.75, 3.05) is 7.11 Å². The largest absolute Gasteiger partial charge is 0.497 e. The summed E-state index contributed by atoms with van der Waals surface area (Å²) in [6, 6.07) is 8.28. The van der Waals surface area contributed by atoms with E-state index >= 15 is 0 Å². The highest BCUT2D eigenvalue weighted by molar-refractivity contribution is 5.28. The summed E-state index contributed by atoms with van der Waals surface area (Å²) in [7, 11) is 1.67. The van der Waals surface area contributed by atoms with Gasteiger partial charge in [-0.15, -0.1) is 0 Å². The maximum absolute atomic E-state index is 5.53. The van der Waals surface area contributed by atoms with Gasteiger partial charge in [0.2, 0.25) is 0 Å². The average molecular weight is 208 g/mol. The summed E-state index contributed by atoms with van der Waals surface area (Å²) in [5.74, 6) is 6.41. The standard InChI is InChI=1S/C12H20N2O/c1-3-4-5-12(14-13)10-6-8-11(15-2)9-7-10/h6-9,12,14H,3-5,13H2,1-2H3. The Labute approximate surface area is 91.6 Å². The number of hydrazine groups is 1. The highest BCUT2D eigenvalue weighted by atomic mass is 16.5. The third-order valence-corrected chi connectivity index (χ3v) is 2.57. The molecule has 3 nitrogen and oxygen atoms in total. The molecule has 0 aromatic heterocycles. The number of methoxy groups -OCH3 is 1. The van der Waals surface area contributed by atoms with Gasteiger partial charge in [-0.2, -0.15) is 0 Å². The Morgan fingerprint density at radius 1 is 1.33 bits per heavy atom. The van der Waals surface area contributed by atoms with Crippen LogP contribution in [0.5, 0.6) is 5.75 Å². The zero-order valence-electron chi connectivity index (χ0n) is 9.49. The van der Waals surface area contributed by atoms with Crippen LogP contribution in [0.1, 0.15) is 37.8 Å². The van der Waals surface area contributed by atoms with Gasteiger partial charge in [0.25, 0.3) is 0 Å². The normalized spacial score (nSPS) is 12.5. The Hall–Kier alpha value is -1.06. The Kier molecular flexibility index (Phi) is 5.15. The molecule has 0 aliphatic carbocycles. The van der Waals surface area contributed by atoms with Crippen molar-refractivity contribution in [1.82, 2.24) is 5.43 Å². The van der Waals surface area contributed by atoms with Gasteiger partial charge in [0, 0.05) is 6.04 Å². The van der Waals surface area contributed by atoms with E-state index in [-0.39, 0.29) is 6.04 Å². The van der Waals surface area contributed by atoms with Crippen molar-refractivity contribution < 1.29 is 4.74 Å². The second-order valence-electron chi connectivity index (χ2n) is 3.63. The zero-order chi connectivity index (χ0) is 11.1. The lowest BCUT2D eigenvalue weighted by Crippen LogP contribution is -2.27. The van der Waals surface area contributed by atoms with Gasteiger partial charge >= 0.3 is 0 Å². The minimum atomic E-state index is 0.246. The van der Waals surface area contributed by atoms with E-state index in [0.29, 0.717) is 0 Å². The average Bonchev–Trinajstić information content (AvgIpc) is 2.31. The number of nitrogens with two attached hydrogens (primary N) is 1. The third kappa shape index (κ3) is 3.53. The molecule has 0 saturated carbocycles. The molecule has 1 rings (SSSR count). The first kappa shape index (κ1) is 12.0. The fourth-order valence-corrected chi connectivity index (χ4v) is 1.59. The lowest BCUT2D eigenvalue weighted by molar-refractivity contribution is 0.414. The summed E-state index contributed by atoms with van der Waals surface area (Å²) in [6.45, 7) is 2.18. The number of hydrogen-bond acceptors (Lipinski definition) is 3. The van der Waals surface area contributed by atoms with Crippen LogP contribution in [0, 0.1) is 0 Å². The number of benzene rings is 1. The summed E-state index contributed by atoms with van der Waals surface area (Å²) < 4.78 is 5.11. The molecule has 0 aliphatic heterocycles. The second-order valence-corrected chi connectivity index (χ2v) is 3.63. The first-order chi connectivity index (χ1) is 7.31. The van der Waals surface area contributed by atoms with Crippen LogP contribution >= 0.6 is 0 Å². The van der Waals surface area contributed by atoms with Crippen molar-refractivity contribution in [3.63, 3.8) is 0 Å². The summed E-state index contributed by atoms with van der Waals surface area (Å²) in [6.07, 6.45) is 3.44. The molecule has 1 atom stereocenters. The molecule has 1 aromatic rings. The molecule has 0 spiro atoms. The van der Waals surface area contributed by atoms with Crippen molar-refractivity contribution in [2.24, 2.45) is 5.84 Å². The van der Waals surface area contributed by atoms with Crippen LogP contribution in [0.15, 0.2) is 24.3 Å². The lowest BCUT2D eigenvalue weighted by Gasteiger charge is -2.16. The first-order valence-corrected chi connectivity index (χ1v) is 5.42. The molecule has 0 radical (unpaired) electrons. The Balaban J connectivity index is 2.65. The first-order valence-electron chi connectivity index (χ1n) is 5.42. The Morgan fingerprint density at radius 2 is 2.00 bits per heavy atom. The van der Waals surface area contributed by atoms with Gasteiger partial charge in [-0.25, -0.2) is 0 Å². The van der Waals surface area contributed by atoms with Gasteiger partial charge in [-0.3, -0.25) is 11.3 Å². The molecular weight excluding hydrogens is 188 g/mol. The van der Waals surface area contributed by atoms with E-state index in [1.807, 2.05) is 12.1 Å². The van der Waals surface area contributed by atoms with E-state index in [0.717, 1.165) is 12.2 Å². The quantitative estimate of drug-likeness (QED) is 0.557. The fraction of sp³-hybridized carbons (Fsp3) is 0.500. The summed E-state index contributed by atoms with van der Waals surface area (Å²) in [5.41, 5.74) is 4.06. The third-order valence-electron chi connectivity index (χ3n) is 2.57. The van der Waals surface area contributed by atoms with E-state index in [2.05, 4.69) is 24.5 Å². The summed E-state index contributed by atoms with van der Waals surface area (Å²) in [4.78, 5) is 0. The van der Waals surface area contributed by atoms with Crippen LogP contribution in [0.25, 0.3) is 0 Å². The van der Waals surface area contributed by atoms with Crippen LogP contribution in [-0.2, 0) is 0 Å². The molecule has 15 heavy (non-hydrogen) atoms. The van der Waals surface area contributed by atoms with Gasteiger partial charge < -0.3 is 4.74 Å². The molecule has 84 valence electrons. The topological polar surface area (TPSA) is 47.3 Å². The fourth-order valence-electron chi connectivity index (χ4n) is 1.59. The van der Waals surface area contributed by atoms with Crippen LogP contribution in [0.3, 0.4) is 0 Å². The molecule has 3 heteroatoms. The Morgan fingerprint density at radius 3 is 2.47 bits per heavy atom. The maximum Gasteiger partial charge on any atom is 0.118 e. The molecule has 1 aromatic carbocycles. The molecule has 0 amide bonds. The minimum absolute atomic E-state index is 0.246. The van der Waals surface area contributed by atoms with Crippen molar-refractivity contribution in [1.29, 1.82) is 0 Å². The highest BCUT2D eigenvalue weighted by Gasteiger charge is 2.08. The van der Waals surface area contributed by atoms with Gasteiger partial charge in [0.15, 0.2) is 0 Å². The van der Waals surface area contributed by atoms with Gasteiger partial charge in [0.1, 0.15) is 5.75 Å². The van der Waals surface area contributed by atoms with Gasteiger partial charge in [-0.05, 0) is 24.1 Å². The SMILES string of the molecule is CCCCC(NN)c1ccc(OC)cc1. The van der Waals surface area contributed by atoms with Gasteiger partial charge in [-0.1, -0.05) is 31.9 Å². The van der Waals surface area contributed by atoms with E-state index < -0.39 is 0 Å². The smallest absolute Gasteiger partial charge is 0.118 e. The van der Waals surface area contributed by atoms with Crippen LogP contribution in [0.4, 0.5) is 0 Å². The summed E-state index contributed by atoms with van der Waals surface area (Å²) in [5, 5.41) is 0. The molecule has 0 fully saturated rings. The molecular formula is C12H20N2O. The van der Waals surface area contributed by atoms with Crippen LogP contribution in [-0.4, -0.2) is 7.11 Å². The molecule has 0 saturated heterocycles. The predicted molar refractivity (Wildman–Crippen MR) is 62.6 cm³/mol. The van der Waals surface area contributed by atoms with Crippen molar-refractivity contribution in [2.45, 2.75) is 32.2 Å². The number of rotatable bonds is 6. The molecule has 0 bridgehead atoms. The van der Waals surface area contributed by atoms with E-state index in [1.54, 1.807) is 7.11 Å². The van der Waals surface area contributed by atoms with E-state index in [9.17, 15) is 0 Å². The van der Waals surface area contributed by atoms with Gasteiger partial charge in [0.05, 0.1) is 7.11 Å². The highest BCUT2D eigenvalue weighted by Crippen LogP contribution is 2.21. The number of hydrogen-bond donors (Lipinski definition) is 2. The second kappa shape index (κ2) is 6.43. The molecule has 0 aliphatic rings.